The van der Waals surface area contributed by atoms with Gasteiger partial charge in [-0.1, -0.05) is 0 Å². The van der Waals surface area contributed by atoms with E-state index < -0.39 is 0 Å². The summed E-state index contributed by atoms with van der Waals surface area (Å²) in [4.78, 5) is 20.3. The molecule has 1 saturated carbocycles. The van der Waals surface area contributed by atoms with Crippen LogP contribution >= 0.6 is 0 Å². The summed E-state index contributed by atoms with van der Waals surface area (Å²) in [6, 6.07) is 6.12. The third-order valence-electron chi connectivity index (χ3n) is 5.34. The van der Waals surface area contributed by atoms with Crippen LogP contribution < -0.4 is 5.32 Å². The predicted molar refractivity (Wildman–Crippen MR) is 107 cm³/mol. The Morgan fingerprint density at radius 3 is 2.89 bits per heavy atom. The van der Waals surface area contributed by atoms with Crippen molar-refractivity contribution in [3.8, 4) is 5.69 Å². The Kier molecular flexibility index (Phi) is 5.73. The molecule has 0 saturated heterocycles. The molecule has 2 N–H and O–H groups in total. The maximum atomic E-state index is 13.0. The number of amides is 1. The number of H-pyrrole nitrogens is 1. The zero-order chi connectivity index (χ0) is 19.3. The zero-order valence-corrected chi connectivity index (χ0v) is 16.1. The van der Waals surface area contributed by atoms with Crippen LogP contribution in [-0.2, 0) is 9.47 Å². The van der Waals surface area contributed by atoms with Gasteiger partial charge in [-0.2, -0.15) is 0 Å². The number of aromatic amines is 1. The lowest BCUT2D eigenvalue weighted by Gasteiger charge is -2.29. The molecule has 1 aliphatic rings. The number of nitrogens with one attached hydrogen (secondary N) is 2. The van der Waals surface area contributed by atoms with E-state index in [4.69, 9.17) is 9.47 Å². The highest BCUT2D eigenvalue weighted by molar-refractivity contribution is 6.06. The number of hydrogen-bond acceptors (Lipinski definition) is 4. The molecular formula is C21H26N4O3. The van der Waals surface area contributed by atoms with Crippen molar-refractivity contribution in [2.24, 2.45) is 0 Å². The third kappa shape index (κ3) is 4.10. The molecule has 0 radical (unpaired) electrons. The SMILES string of the molecule is COCCO[C@H]1CC[C@@H](NC(=O)c2cc(-n3ccnc3)cc3cc[nH]c23)CC1. The fourth-order valence-corrected chi connectivity index (χ4v) is 3.83. The van der Waals surface area contributed by atoms with Crippen LogP contribution in [0.2, 0.25) is 0 Å². The standard InChI is InChI=1S/C21H26N4O3/c1-27-10-11-28-18-4-2-16(3-5-18)24-21(26)19-13-17(25-9-8-22-14-25)12-15-6-7-23-20(15)19/h6-9,12-14,16,18,23H,2-5,10-11H2,1H3,(H,24,26)/t16-,18+. The van der Waals surface area contributed by atoms with Crippen molar-refractivity contribution < 1.29 is 14.3 Å². The van der Waals surface area contributed by atoms with Crippen LogP contribution in [0.25, 0.3) is 16.6 Å². The molecule has 7 nitrogen and oxygen atoms in total. The van der Waals surface area contributed by atoms with Gasteiger partial charge in [0.05, 0.1) is 36.7 Å². The summed E-state index contributed by atoms with van der Waals surface area (Å²) in [6.45, 7) is 1.25. The first-order valence-electron chi connectivity index (χ1n) is 9.75. The number of rotatable bonds is 7. The number of ether oxygens (including phenoxy) is 2. The van der Waals surface area contributed by atoms with Crippen molar-refractivity contribution in [1.82, 2.24) is 19.9 Å². The highest BCUT2D eigenvalue weighted by Crippen LogP contribution is 2.25. The molecule has 1 amide bonds. The Bertz CT molecular complexity index is 911. The molecule has 7 heteroatoms. The minimum absolute atomic E-state index is 0.0434. The first kappa shape index (κ1) is 18.7. The average Bonchev–Trinajstić information content (AvgIpc) is 3.40. The fourth-order valence-electron chi connectivity index (χ4n) is 3.83. The van der Waals surface area contributed by atoms with Crippen LogP contribution in [0.1, 0.15) is 36.0 Å². The normalized spacial score (nSPS) is 19.8. The molecular weight excluding hydrogens is 356 g/mol. The number of carbonyl (C=O) groups excluding carboxylic acids is 1. The van der Waals surface area contributed by atoms with E-state index >= 15 is 0 Å². The van der Waals surface area contributed by atoms with E-state index in [0.717, 1.165) is 42.3 Å². The van der Waals surface area contributed by atoms with E-state index in [0.29, 0.717) is 18.8 Å². The van der Waals surface area contributed by atoms with Crippen LogP contribution in [0.5, 0.6) is 0 Å². The summed E-state index contributed by atoms with van der Waals surface area (Å²) >= 11 is 0. The number of fused-ring (bicyclic) bond motifs is 1. The van der Waals surface area contributed by atoms with Crippen LogP contribution in [0.3, 0.4) is 0 Å². The summed E-state index contributed by atoms with van der Waals surface area (Å²) in [7, 11) is 1.68. The van der Waals surface area contributed by atoms with Gasteiger partial charge in [0.15, 0.2) is 0 Å². The highest BCUT2D eigenvalue weighted by Gasteiger charge is 2.24. The average molecular weight is 382 g/mol. The molecule has 1 aromatic carbocycles. The first-order chi connectivity index (χ1) is 13.7. The van der Waals surface area contributed by atoms with Gasteiger partial charge in [0.2, 0.25) is 0 Å². The number of carbonyl (C=O) groups is 1. The molecule has 3 aromatic rings. The second-order valence-electron chi connectivity index (χ2n) is 7.22. The molecule has 4 rings (SSSR count). The number of methoxy groups -OCH3 is 1. The van der Waals surface area contributed by atoms with Crippen molar-refractivity contribution in [2.45, 2.75) is 37.8 Å². The second-order valence-corrected chi connectivity index (χ2v) is 7.22. The summed E-state index contributed by atoms with van der Waals surface area (Å²) < 4.78 is 12.8. The van der Waals surface area contributed by atoms with Crippen LogP contribution in [0.4, 0.5) is 0 Å². The third-order valence-corrected chi connectivity index (χ3v) is 5.34. The Morgan fingerprint density at radius 2 is 2.14 bits per heavy atom. The maximum Gasteiger partial charge on any atom is 0.253 e. The van der Waals surface area contributed by atoms with E-state index in [2.05, 4.69) is 15.3 Å². The molecule has 148 valence electrons. The van der Waals surface area contributed by atoms with Crippen LogP contribution in [-0.4, -0.2) is 52.9 Å². The van der Waals surface area contributed by atoms with Gasteiger partial charge < -0.3 is 24.3 Å². The minimum atomic E-state index is -0.0434. The van der Waals surface area contributed by atoms with Gasteiger partial charge in [-0.05, 0) is 43.9 Å². The summed E-state index contributed by atoms with van der Waals surface area (Å²) in [5, 5.41) is 4.22. The van der Waals surface area contributed by atoms with Crippen molar-refractivity contribution in [2.75, 3.05) is 20.3 Å². The van der Waals surface area contributed by atoms with Crippen molar-refractivity contribution >= 4 is 16.8 Å². The van der Waals surface area contributed by atoms with Crippen molar-refractivity contribution in [1.29, 1.82) is 0 Å². The summed E-state index contributed by atoms with van der Waals surface area (Å²) in [5.74, 6) is -0.0434. The molecule has 0 atom stereocenters. The smallest absolute Gasteiger partial charge is 0.253 e. The molecule has 1 aliphatic carbocycles. The largest absolute Gasteiger partial charge is 0.382 e. The molecule has 2 aromatic heterocycles. The lowest BCUT2D eigenvalue weighted by Crippen LogP contribution is -2.39. The van der Waals surface area contributed by atoms with Gasteiger partial charge in [-0.3, -0.25) is 4.79 Å². The number of aromatic nitrogens is 3. The van der Waals surface area contributed by atoms with Crippen molar-refractivity contribution in [3.05, 3.63) is 48.7 Å². The quantitative estimate of drug-likeness (QED) is 0.616. The Balaban J connectivity index is 1.44. The van der Waals surface area contributed by atoms with Gasteiger partial charge in [0, 0.05) is 42.8 Å². The number of imidazole rings is 1. The van der Waals surface area contributed by atoms with Gasteiger partial charge >= 0.3 is 0 Å². The van der Waals surface area contributed by atoms with E-state index in [-0.39, 0.29) is 18.1 Å². The topological polar surface area (TPSA) is 81.2 Å². The molecule has 0 aliphatic heterocycles. The number of nitrogens with zero attached hydrogens (tertiary/aromatic N) is 2. The zero-order valence-electron chi connectivity index (χ0n) is 16.1. The molecule has 0 unspecified atom stereocenters. The Labute approximate surface area is 164 Å². The second kappa shape index (κ2) is 8.58. The summed E-state index contributed by atoms with van der Waals surface area (Å²) in [6.07, 6.45) is 11.2. The predicted octanol–water partition coefficient (Wildman–Crippen LogP) is 3.06. The highest BCUT2D eigenvalue weighted by atomic mass is 16.5. The molecule has 0 bridgehead atoms. The fraction of sp³-hybridized carbons (Fsp3) is 0.429. The van der Waals surface area contributed by atoms with Crippen LogP contribution in [0, 0.1) is 0 Å². The Morgan fingerprint density at radius 1 is 1.29 bits per heavy atom. The maximum absolute atomic E-state index is 13.0. The minimum Gasteiger partial charge on any atom is -0.382 e. The van der Waals surface area contributed by atoms with E-state index in [9.17, 15) is 4.79 Å². The van der Waals surface area contributed by atoms with E-state index in [1.54, 1.807) is 19.6 Å². The molecule has 0 spiro atoms. The molecule has 2 heterocycles. The van der Waals surface area contributed by atoms with Gasteiger partial charge in [0.25, 0.3) is 5.91 Å². The number of benzene rings is 1. The lowest BCUT2D eigenvalue weighted by molar-refractivity contribution is -0.00408. The Hall–Kier alpha value is -2.64. The van der Waals surface area contributed by atoms with Crippen molar-refractivity contribution in [3.63, 3.8) is 0 Å². The van der Waals surface area contributed by atoms with Gasteiger partial charge in [-0.15, -0.1) is 0 Å². The van der Waals surface area contributed by atoms with E-state index in [1.807, 2.05) is 35.2 Å². The van der Waals surface area contributed by atoms with Gasteiger partial charge in [0.1, 0.15) is 0 Å². The summed E-state index contributed by atoms with van der Waals surface area (Å²) in [5.41, 5.74) is 2.44. The number of hydrogen-bond donors (Lipinski definition) is 2. The molecule has 1 fully saturated rings. The van der Waals surface area contributed by atoms with E-state index in [1.165, 1.54) is 0 Å². The van der Waals surface area contributed by atoms with Gasteiger partial charge in [-0.25, -0.2) is 4.98 Å². The lowest BCUT2D eigenvalue weighted by atomic mass is 9.92. The molecule has 28 heavy (non-hydrogen) atoms. The van der Waals surface area contributed by atoms with Crippen LogP contribution in [0.15, 0.2) is 43.1 Å². The first-order valence-corrected chi connectivity index (χ1v) is 9.75. The monoisotopic (exact) mass is 382 g/mol.